The normalized spacial score (nSPS) is 6.50. The summed E-state index contributed by atoms with van der Waals surface area (Å²) in [6, 6.07) is 12.5. The smallest absolute Gasteiger partial charge is 0.343 e. The summed E-state index contributed by atoms with van der Waals surface area (Å²) in [5.74, 6) is 0. The molecule has 0 aromatic heterocycles. The van der Waals surface area contributed by atoms with Crippen LogP contribution in [0.3, 0.4) is 0 Å². The van der Waals surface area contributed by atoms with Gasteiger partial charge in [-0.3, -0.25) is 0 Å². The van der Waals surface area contributed by atoms with Crippen molar-refractivity contribution in [2.75, 3.05) is 0 Å². The van der Waals surface area contributed by atoms with Crippen molar-refractivity contribution in [1.29, 1.82) is 0 Å². The van der Waals surface area contributed by atoms with Gasteiger partial charge in [-0.25, -0.2) is 0 Å². The van der Waals surface area contributed by atoms with Gasteiger partial charge in [0.2, 0.25) is 0 Å². The topological polar surface area (TPSA) is 0 Å². The number of benzene rings is 1. The van der Waals surface area contributed by atoms with Gasteiger partial charge in [-0.15, -0.1) is 17.0 Å². The summed E-state index contributed by atoms with van der Waals surface area (Å²) >= 11 is 0. The first-order valence-corrected chi connectivity index (χ1v) is 3.62. The molecule has 0 radical (unpaired) electrons. The van der Waals surface area contributed by atoms with Crippen molar-refractivity contribution in [3.8, 4) is 0 Å². The van der Waals surface area contributed by atoms with Gasteiger partial charge in [0.1, 0.15) is 0 Å². The Balaban J connectivity index is -0.000000124. The number of rotatable bonds is 1. The predicted molar refractivity (Wildman–Crippen MR) is 61.6 cm³/mol. The van der Waals surface area contributed by atoms with Crippen LogP contribution in [0.1, 0.15) is 19.8 Å². The molecule has 0 amide bonds. The third kappa shape index (κ3) is 16.8. The van der Waals surface area contributed by atoms with Crippen LogP contribution in [0.25, 0.3) is 0 Å². The Hall–Kier alpha value is 0.466. The van der Waals surface area contributed by atoms with Gasteiger partial charge in [-0.1, -0.05) is 13.3 Å². The van der Waals surface area contributed by atoms with E-state index in [1.165, 1.54) is 6.42 Å². The first-order valence-electron chi connectivity index (χ1n) is 3.62. The number of halogens is 1. The van der Waals surface area contributed by atoms with E-state index in [0.29, 0.717) is 0 Å². The second-order valence-electron chi connectivity index (χ2n) is 1.93. The standard InChI is InChI=1S/C6H5.C4H9.BrH.Mg/c1-2-4-6-5-3-1;1-3-4-2;;/h1-5H;1,3-4H2,2H3;1H;/q2*-1;;+2. The Morgan fingerprint density at radius 2 is 1.58 bits per heavy atom. The Morgan fingerprint density at radius 3 is 1.67 bits per heavy atom. The van der Waals surface area contributed by atoms with Crippen molar-refractivity contribution in [2.45, 2.75) is 19.8 Å². The molecule has 64 valence electrons. The van der Waals surface area contributed by atoms with Crippen molar-refractivity contribution in [3.05, 3.63) is 43.3 Å². The average molecular weight is 239 g/mol. The summed E-state index contributed by atoms with van der Waals surface area (Å²) in [4.78, 5) is 0. The van der Waals surface area contributed by atoms with Crippen LogP contribution in [0.2, 0.25) is 0 Å². The van der Waals surface area contributed by atoms with Gasteiger partial charge in [0.25, 0.3) is 0 Å². The zero-order valence-corrected chi connectivity index (χ0v) is 10.8. The van der Waals surface area contributed by atoms with E-state index in [2.05, 4.69) is 19.9 Å². The molecule has 0 N–H and O–H groups in total. The number of hydrogen-bond donors (Lipinski definition) is 0. The van der Waals surface area contributed by atoms with Crippen molar-refractivity contribution >= 4 is 40.0 Å². The Morgan fingerprint density at radius 1 is 1.17 bits per heavy atom. The maximum Gasteiger partial charge on any atom is 2.00 e. The van der Waals surface area contributed by atoms with Gasteiger partial charge < -0.3 is 6.92 Å². The summed E-state index contributed by atoms with van der Waals surface area (Å²) in [5.41, 5.74) is 0. The van der Waals surface area contributed by atoms with Crippen molar-refractivity contribution in [3.63, 3.8) is 0 Å². The van der Waals surface area contributed by atoms with Gasteiger partial charge in [0.15, 0.2) is 0 Å². The molecule has 1 aromatic rings. The van der Waals surface area contributed by atoms with Crippen molar-refractivity contribution < 1.29 is 0 Å². The molecular formula is C10H15BrMg. The molecule has 0 saturated heterocycles. The molecule has 0 unspecified atom stereocenters. The largest absolute Gasteiger partial charge is 2.00 e. The number of hydrogen-bond acceptors (Lipinski definition) is 0. The van der Waals surface area contributed by atoms with Crippen LogP contribution in [0.4, 0.5) is 0 Å². The fraction of sp³-hybridized carbons (Fsp3) is 0.300. The summed E-state index contributed by atoms with van der Waals surface area (Å²) in [7, 11) is 0. The predicted octanol–water partition coefficient (Wildman–Crippen LogP) is 3.30. The van der Waals surface area contributed by atoms with Gasteiger partial charge in [-0.05, 0) is 0 Å². The molecule has 0 heterocycles. The van der Waals surface area contributed by atoms with E-state index in [1.807, 2.05) is 30.3 Å². The van der Waals surface area contributed by atoms with Crippen LogP contribution >= 0.6 is 17.0 Å². The van der Waals surface area contributed by atoms with Crippen LogP contribution in [0, 0.1) is 13.0 Å². The van der Waals surface area contributed by atoms with E-state index in [-0.39, 0.29) is 40.0 Å². The third-order valence-corrected chi connectivity index (χ3v) is 0.961. The monoisotopic (exact) mass is 238 g/mol. The van der Waals surface area contributed by atoms with Gasteiger partial charge in [0, 0.05) is 0 Å². The van der Waals surface area contributed by atoms with Gasteiger partial charge >= 0.3 is 23.1 Å². The SMILES string of the molecule is Br.[CH2-]CCC.[Mg+2].[c-]1ccccc1. The minimum absolute atomic E-state index is 0. The van der Waals surface area contributed by atoms with E-state index >= 15 is 0 Å². The second-order valence-corrected chi connectivity index (χ2v) is 1.93. The van der Waals surface area contributed by atoms with E-state index in [0.717, 1.165) is 6.42 Å². The van der Waals surface area contributed by atoms with Gasteiger partial charge in [-0.2, -0.15) is 42.8 Å². The molecule has 0 aliphatic carbocycles. The first-order chi connectivity index (χ1) is 4.91. The Kier molecular flexibility index (Phi) is 26.7. The molecule has 0 spiro atoms. The van der Waals surface area contributed by atoms with E-state index in [1.54, 1.807) is 0 Å². The quantitative estimate of drug-likeness (QED) is 0.521. The van der Waals surface area contributed by atoms with E-state index in [9.17, 15) is 0 Å². The molecule has 0 fully saturated rings. The van der Waals surface area contributed by atoms with Crippen LogP contribution in [0.15, 0.2) is 30.3 Å². The Labute approximate surface area is 103 Å². The molecule has 0 nitrogen and oxygen atoms in total. The summed E-state index contributed by atoms with van der Waals surface area (Å²) in [6.07, 6.45) is 2.28. The van der Waals surface area contributed by atoms with E-state index in [4.69, 9.17) is 0 Å². The summed E-state index contributed by atoms with van der Waals surface area (Å²) in [6.45, 7) is 5.72. The van der Waals surface area contributed by atoms with Crippen molar-refractivity contribution in [2.24, 2.45) is 0 Å². The molecular weight excluding hydrogens is 224 g/mol. The maximum absolute atomic E-state index is 3.60. The summed E-state index contributed by atoms with van der Waals surface area (Å²) in [5, 5.41) is 0. The van der Waals surface area contributed by atoms with Crippen LogP contribution < -0.4 is 0 Å². The minimum Gasteiger partial charge on any atom is -0.343 e. The zero-order chi connectivity index (χ0) is 7.66. The zero-order valence-electron chi connectivity index (χ0n) is 7.62. The van der Waals surface area contributed by atoms with Crippen LogP contribution in [-0.4, -0.2) is 23.1 Å². The molecule has 2 heteroatoms. The van der Waals surface area contributed by atoms with Crippen LogP contribution in [-0.2, 0) is 0 Å². The van der Waals surface area contributed by atoms with Crippen LogP contribution in [0.5, 0.6) is 0 Å². The van der Waals surface area contributed by atoms with Crippen molar-refractivity contribution in [1.82, 2.24) is 0 Å². The molecule has 1 rings (SSSR count). The second kappa shape index (κ2) is 17.5. The maximum atomic E-state index is 3.60. The molecule has 0 saturated carbocycles. The molecule has 0 bridgehead atoms. The molecule has 0 atom stereocenters. The Bertz CT molecular complexity index is 102. The minimum atomic E-state index is 0. The molecule has 1 aromatic carbocycles. The third-order valence-electron chi connectivity index (χ3n) is 0.961. The molecule has 12 heavy (non-hydrogen) atoms. The van der Waals surface area contributed by atoms with E-state index < -0.39 is 0 Å². The summed E-state index contributed by atoms with van der Waals surface area (Å²) < 4.78 is 0. The van der Waals surface area contributed by atoms with Gasteiger partial charge in [0.05, 0.1) is 0 Å². The fourth-order valence-electron chi connectivity index (χ4n) is 0.342. The molecule has 0 aliphatic rings. The number of unbranched alkanes of at least 4 members (excludes halogenated alkanes) is 1. The first kappa shape index (κ1) is 18.3. The molecule has 0 aliphatic heterocycles. The average Bonchev–Trinajstić information content (AvgIpc) is 2.08. The fourth-order valence-corrected chi connectivity index (χ4v) is 0.342.